The molecule has 1 aliphatic rings. The van der Waals surface area contributed by atoms with Gasteiger partial charge in [0.1, 0.15) is 0 Å². The van der Waals surface area contributed by atoms with Crippen LogP contribution in [0.2, 0.25) is 5.28 Å². The predicted octanol–water partition coefficient (Wildman–Crippen LogP) is 2.75. The number of aromatic nitrogens is 3. The average molecular weight is 310 g/mol. The molecule has 2 aromatic heterocycles. The average Bonchev–Trinajstić information content (AvgIpc) is 2.96. The van der Waals surface area contributed by atoms with Crippen LogP contribution in [0.1, 0.15) is 21.7 Å². The van der Waals surface area contributed by atoms with Gasteiger partial charge in [-0.1, -0.05) is 0 Å². The summed E-state index contributed by atoms with van der Waals surface area (Å²) in [5.74, 6) is 1.07. The maximum atomic E-state index is 5.91. The second-order valence-electron chi connectivity index (χ2n) is 4.99. The first-order chi connectivity index (χ1) is 9.61. The van der Waals surface area contributed by atoms with Crippen LogP contribution in [0.4, 0.5) is 11.9 Å². The summed E-state index contributed by atoms with van der Waals surface area (Å²) in [6, 6.07) is 2.29. The molecule has 0 spiro atoms. The summed E-state index contributed by atoms with van der Waals surface area (Å²) in [5.41, 5.74) is 1.51. The summed E-state index contributed by atoms with van der Waals surface area (Å²) in [7, 11) is 3.75. The number of nitrogens with one attached hydrogen (secondary N) is 1. The molecule has 0 saturated carbocycles. The van der Waals surface area contributed by atoms with Gasteiger partial charge in [-0.2, -0.15) is 15.0 Å². The van der Waals surface area contributed by atoms with E-state index in [4.69, 9.17) is 11.6 Å². The van der Waals surface area contributed by atoms with Crippen molar-refractivity contribution in [1.82, 2.24) is 15.0 Å². The zero-order valence-electron chi connectivity index (χ0n) is 11.5. The summed E-state index contributed by atoms with van der Waals surface area (Å²) in [6.45, 7) is 0.727. The number of nitrogens with zero attached hydrogens (tertiary/aromatic N) is 4. The summed E-state index contributed by atoms with van der Waals surface area (Å²) in [6.07, 6.45) is 3.74. The van der Waals surface area contributed by atoms with Crippen LogP contribution < -0.4 is 10.2 Å². The zero-order chi connectivity index (χ0) is 14.1. The van der Waals surface area contributed by atoms with Crippen molar-refractivity contribution in [2.45, 2.75) is 25.8 Å². The highest BCUT2D eigenvalue weighted by atomic mass is 35.5. The van der Waals surface area contributed by atoms with Gasteiger partial charge < -0.3 is 10.2 Å². The molecule has 0 fully saturated rings. The van der Waals surface area contributed by atoms with Gasteiger partial charge in [0.25, 0.3) is 0 Å². The Labute approximate surface area is 127 Å². The van der Waals surface area contributed by atoms with E-state index in [9.17, 15) is 0 Å². The number of aryl methyl sites for hydroxylation is 2. The van der Waals surface area contributed by atoms with Gasteiger partial charge in [-0.15, -0.1) is 11.3 Å². The van der Waals surface area contributed by atoms with Gasteiger partial charge in [0, 0.05) is 23.8 Å². The number of halogens is 1. The zero-order valence-corrected chi connectivity index (χ0v) is 13.1. The van der Waals surface area contributed by atoms with Gasteiger partial charge in [-0.25, -0.2) is 0 Å². The molecule has 5 nitrogen and oxygen atoms in total. The highest BCUT2D eigenvalue weighted by molar-refractivity contribution is 7.12. The van der Waals surface area contributed by atoms with Crippen molar-refractivity contribution in [1.29, 1.82) is 0 Å². The monoisotopic (exact) mass is 309 g/mol. The van der Waals surface area contributed by atoms with E-state index in [0.29, 0.717) is 11.9 Å². The normalized spacial score (nSPS) is 13.3. The Morgan fingerprint density at radius 1 is 1.30 bits per heavy atom. The van der Waals surface area contributed by atoms with Crippen LogP contribution in [0.25, 0.3) is 0 Å². The Kier molecular flexibility index (Phi) is 3.76. The summed E-state index contributed by atoms with van der Waals surface area (Å²) >= 11 is 7.79. The van der Waals surface area contributed by atoms with Crippen molar-refractivity contribution in [2.75, 3.05) is 24.3 Å². The fraction of sp³-hybridized carbons (Fsp3) is 0.462. The van der Waals surface area contributed by atoms with Crippen molar-refractivity contribution < 1.29 is 0 Å². The molecule has 2 heterocycles. The molecule has 1 N–H and O–H groups in total. The molecular formula is C13H16ClN5S. The lowest BCUT2D eigenvalue weighted by Crippen LogP contribution is -2.15. The molecule has 106 valence electrons. The number of hydrogen-bond donors (Lipinski definition) is 1. The lowest BCUT2D eigenvalue weighted by molar-refractivity contribution is 0.912. The molecule has 0 aliphatic heterocycles. The lowest BCUT2D eigenvalue weighted by Gasteiger charge is -2.11. The summed E-state index contributed by atoms with van der Waals surface area (Å²) in [5, 5.41) is 3.43. The van der Waals surface area contributed by atoms with Crippen molar-refractivity contribution >= 4 is 34.8 Å². The second kappa shape index (κ2) is 5.54. The first-order valence-electron chi connectivity index (χ1n) is 6.55. The van der Waals surface area contributed by atoms with Gasteiger partial charge in [-0.05, 0) is 42.5 Å². The number of thiophene rings is 1. The lowest BCUT2D eigenvalue weighted by atomic mass is 10.2. The Morgan fingerprint density at radius 3 is 2.90 bits per heavy atom. The van der Waals surface area contributed by atoms with E-state index in [2.05, 4.69) is 26.3 Å². The fourth-order valence-corrected chi connectivity index (χ4v) is 3.62. The number of anilines is 2. The minimum atomic E-state index is 0.208. The van der Waals surface area contributed by atoms with Gasteiger partial charge in [0.05, 0.1) is 6.54 Å². The molecular weight excluding hydrogens is 294 g/mol. The van der Waals surface area contributed by atoms with E-state index in [0.717, 1.165) is 6.54 Å². The fourth-order valence-electron chi connectivity index (χ4n) is 2.26. The van der Waals surface area contributed by atoms with E-state index < -0.39 is 0 Å². The quantitative estimate of drug-likeness (QED) is 0.941. The number of fused-ring (bicyclic) bond motifs is 1. The van der Waals surface area contributed by atoms with Crippen LogP contribution in [-0.2, 0) is 19.4 Å². The van der Waals surface area contributed by atoms with Crippen LogP contribution >= 0.6 is 22.9 Å². The SMILES string of the molecule is CN(C)c1nc(Cl)nc(NCc2cc3c(s2)CCC3)n1. The highest BCUT2D eigenvalue weighted by Gasteiger charge is 2.15. The third kappa shape index (κ3) is 2.86. The summed E-state index contributed by atoms with van der Waals surface area (Å²) in [4.78, 5) is 17.1. The molecule has 0 radical (unpaired) electrons. The Morgan fingerprint density at radius 2 is 2.15 bits per heavy atom. The molecule has 20 heavy (non-hydrogen) atoms. The molecule has 0 bridgehead atoms. The third-order valence-electron chi connectivity index (χ3n) is 3.21. The highest BCUT2D eigenvalue weighted by Crippen LogP contribution is 2.30. The maximum absolute atomic E-state index is 5.91. The van der Waals surface area contributed by atoms with E-state index in [-0.39, 0.29) is 5.28 Å². The third-order valence-corrected chi connectivity index (χ3v) is 4.62. The van der Waals surface area contributed by atoms with Crippen LogP contribution in [0.15, 0.2) is 6.07 Å². The summed E-state index contributed by atoms with van der Waals surface area (Å²) < 4.78 is 0. The van der Waals surface area contributed by atoms with E-state index in [1.165, 1.54) is 34.6 Å². The van der Waals surface area contributed by atoms with E-state index in [1.54, 1.807) is 4.90 Å². The van der Waals surface area contributed by atoms with Crippen molar-refractivity contribution in [2.24, 2.45) is 0 Å². The molecule has 3 rings (SSSR count). The van der Waals surface area contributed by atoms with Crippen LogP contribution in [0.5, 0.6) is 0 Å². The molecule has 2 aromatic rings. The van der Waals surface area contributed by atoms with Gasteiger partial charge in [0.15, 0.2) is 0 Å². The topological polar surface area (TPSA) is 53.9 Å². The number of rotatable bonds is 4. The minimum absolute atomic E-state index is 0.208. The molecule has 0 aromatic carbocycles. The molecule has 7 heteroatoms. The van der Waals surface area contributed by atoms with E-state index >= 15 is 0 Å². The van der Waals surface area contributed by atoms with Crippen LogP contribution in [0.3, 0.4) is 0 Å². The standard InChI is InChI=1S/C13H16ClN5S/c1-19(2)13-17-11(14)16-12(18-13)15-7-9-6-8-4-3-5-10(8)20-9/h6H,3-5,7H2,1-2H3,(H,15,16,17,18). The van der Waals surface area contributed by atoms with Crippen LogP contribution in [0, 0.1) is 0 Å². The van der Waals surface area contributed by atoms with Gasteiger partial charge in [0.2, 0.25) is 17.2 Å². The molecule has 0 atom stereocenters. The Bertz CT molecular complexity index is 604. The van der Waals surface area contributed by atoms with Crippen molar-refractivity contribution in [3.05, 3.63) is 26.7 Å². The minimum Gasteiger partial charge on any atom is -0.349 e. The predicted molar refractivity (Wildman–Crippen MR) is 82.8 cm³/mol. The smallest absolute Gasteiger partial charge is 0.230 e. The number of hydrogen-bond acceptors (Lipinski definition) is 6. The van der Waals surface area contributed by atoms with Crippen molar-refractivity contribution in [3.8, 4) is 0 Å². The molecule has 0 unspecified atom stereocenters. The molecule has 1 aliphatic carbocycles. The van der Waals surface area contributed by atoms with Crippen molar-refractivity contribution in [3.63, 3.8) is 0 Å². The van der Waals surface area contributed by atoms with E-state index in [1.807, 2.05) is 25.4 Å². The van der Waals surface area contributed by atoms with Gasteiger partial charge >= 0.3 is 0 Å². The first kappa shape index (κ1) is 13.6. The molecule has 0 amide bonds. The second-order valence-corrected chi connectivity index (χ2v) is 6.55. The Hall–Kier alpha value is -1.40. The maximum Gasteiger partial charge on any atom is 0.230 e. The largest absolute Gasteiger partial charge is 0.349 e. The molecule has 0 saturated heterocycles. The van der Waals surface area contributed by atoms with Crippen LogP contribution in [-0.4, -0.2) is 29.0 Å². The first-order valence-corrected chi connectivity index (χ1v) is 7.74. The van der Waals surface area contributed by atoms with Gasteiger partial charge in [-0.3, -0.25) is 0 Å². The Balaban J connectivity index is 1.71.